The molecule has 0 amide bonds. The lowest BCUT2D eigenvalue weighted by Gasteiger charge is -2.13. The van der Waals surface area contributed by atoms with Gasteiger partial charge in [-0.25, -0.2) is 0 Å². The minimum absolute atomic E-state index is 0.0379. The second kappa shape index (κ2) is 5.24. The average molecular weight is 269 g/mol. The zero-order chi connectivity index (χ0) is 13.2. The highest BCUT2D eigenvalue weighted by Gasteiger charge is 2.39. The monoisotopic (exact) mass is 268 g/mol. The van der Waals surface area contributed by atoms with Crippen LogP contribution in [0.25, 0.3) is 0 Å². The lowest BCUT2D eigenvalue weighted by atomic mass is 10.0. The van der Waals surface area contributed by atoms with Crippen molar-refractivity contribution in [3.63, 3.8) is 0 Å². The predicted octanol–water partition coefficient (Wildman–Crippen LogP) is 3.53. The molecule has 5 heteroatoms. The summed E-state index contributed by atoms with van der Waals surface area (Å²) < 4.78 is 0. The van der Waals surface area contributed by atoms with Gasteiger partial charge in [0.2, 0.25) is 0 Å². The van der Waals surface area contributed by atoms with Gasteiger partial charge in [0.15, 0.2) is 0 Å². The van der Waals surface area contributed by atoms with Gasteiger partial charge in [0.25, 0.3) is 5.69 Å². The van der Waals surface area contributed by atoms with Crippen LogP contribution in [0.1, 0.15) is 31.7 Å². The van der Waals surface area contributed by atoms with Crippen LogP contribution in [-0.4, -0.2) is 11.5 Å². The molecule has 0 heterocycles. The van der Waals surface area contributed by atoms with Crippen molar-refractivity contribution in [3.05, 3.63) is 38.9 Å². The fourth-order valence-corrected chi connectivity index (χ4v) is 2.33. The lowest BCUT2D eigenvalue weighted by Crippen LogP contribution is -2.23. The van der Waals surface area contributed by atoms with Crippen molar-refractivity contribution in [2.45, 2.75) is 32.7 Å². The van der Waals surface area contributed by atoms with Gasteiger partial charge in [-0.1, -0.05) is 18.5 Å². The summed E-state index contributed by atoms with van der Waals surface area (Å²) in [6, 6.07) is 4.62. The standard InChI is InChI=1S/C13H17ClN2O2/c1-2-13(5-6-13)9-15-8-10-3-4-11(16(17)18)7-12(10)14/h3-4,7,15H,2,5-6,8-9H2,1H3. The Kier molecular flexibility index (Phi) is 3.88. The molecule has 1 aliphatic carbocycles. The van der Waals surface area contributed by atoms with Crippen LogP contribution in [0.2, 0.25) is 5.02 Å². The molecular weight excluding hydrogens is 252 g/mol. The molecule has 0 radical (unpaired) electrons. The van der Waals surface area contributed by atoms with E-state index >= 15 is 0 Å². The maximum Gasteiger partial charge on any atom is 0.270 e. The summed E-state index contributed by atoms with van der Waals surface area (Å²) in [5, 5.41) is 14.4. The number of non-ortho nitro benzene ring substituents is 1. The first-order chi connectivity index (χ1) is 8.56. The number of rotatable bonds is 6. The molecule has 1 N–H and O–H groups in total. The van der Waals surface area contributed by atoms with E-state index in [1.54, 1.807) is 6.07 Å². The number of hydrogen-bond acceptors (Lipinski definition) is 3. The zero-order valence-electron chi connectivity index (χ0n) is 10.4. The van der Waals surface area contributed by atoms with Crippen LogP contribution in [0.5, 0.6) is 0 Å². The molecule has 18 heavy (non-hydrogen) atoms. The summed E-state index contributed by atoms with van der Waals surface area (Å²) in [7, 11) is 0. The number of nitro groups is 1. The van der Waals surface area contributed by atoms with E-state index in [9.17, 15) is 10.1 Å². The first-order valence-corrected chi connectivity index (χ1v) is 6.58. The Morgan fingerprint density at radius 3 is 2.72 bits per heavy atom. The summed E-state index contributed by atoms with van der Waals surface area (Å²) in [6.45, 7) is 3.88. The van der Waals surface area contributed by atoms with Crippen molar-refractivity contribution in [3.8, 4) is 0 Å². The van der Waals surface area contributed by atoms with E-state index in [0.717, 1.165) is 12.1 Å². The number of halogens is 1. The number of nitrogens with zero attached hydrogens (tertiary/aromatic N) is 1. The molecule has 0 spiro atoms. The molecule has 2 rings (SSSR count). The minimum atomic E-state index is -0.431. The van der Waals surface area contributed by atoms with E-state index < -0.39 is 4.92 Å². The smallest absolute Gasteiger partial charge is 0.270 e. The van der Waals surface area contributed by atoms with Crippen LogP contribution in [-0.2, 0) is 6.54 Å². The Morgan fingerprint density at radius 1 is 1.50 bits per heavy atom. The number of nitro benzene ring substituents is 1. The number of hydrogen-bond donors (Lipinski definition) is 1. The van der Waals surface area contributed by atoms with Crippen molar-refractivity contribution in [1.29, 1.82) is 0 Å². The van der Waals surface area contributed by atoms with Crippen LogP contribution in [0.4, 0.5) is 5.69 Å². The van der Waals surface area contributed by atoms with Crippen molar-refractivity contribution < 1.29 is 4.92 Å². The SMILES string of the molecule is CCC1(CNCc2ccc([N+](=O)[O-])cc2Cl)CC1. The fraction of sp³-hybridized carbons (Fsp3) is 0.538. The van der Waals surface area contributed by atoms with E-state index in [0.29, 0.717) is 17.0 Å². The fourth-order valence-electron chi connectivity index (χ4n) is 2.09. The van der Waals surface area contributed by atoms with E-state index in [1.807, 2.05) is 0 Å². The summed E-state index contributed by atoms with van der Waals surface area (Å²) in [6.07, 6.45) is 3.79. The van der Waals surface area contributed by atoms with Crippen LogP contribution in [0.15, 0.2) is 18.2 Å². The molecule has 0 aliphatic heterocycles. The normalized spacial score (nSPS) is 16.6. The third-order valence-electron chi connectivity index (χ3n) is 3.77. The second-order valence-electron chi connectivity index (χ2n) is 4.99. The maximum atomic E-state index is 10.6. The second-order valence-corrected chi connectivity index (χ2v) is 5.40. The molecule has 0 bridgehead atoms. The molecule has 1 fully saturated rings. The van der Waals surface area contributed by atoms with Gasteiger partial charge < -0.3 is 5.32 Å². The van der Waals surface area contributed by atoms with E-state index in [1.165, 1.54) is 31.4 Å². The van der Waals surface area contributed by atoms with Crippen molar-refractivity contribution in [2.24, 2.45) is 5.41 Å². The summed E-state index contributed by atoms with van der Waals surface area (Å²) >= 11 is 6.03. The lowest BCUT2D eigenvalue weighted by molar-refractivity contribution is -0.384. The largest absolute Gasteiger partial charge is 0.312 e. The highest BCUT2D eigenvalue weighted by Crippen LogP contribution is 2.47. The summed E-state index contributed by atoms with van der Waals surface area (Å²) in [5.74, 6) is 0. The highest BCUT2D eigenvalue weighted by atomic mass is 35.5. The molecule has 0 saturated heterocycles. The average Bonchev–Trinajstić information content (AvgIpc) is 3.11. The third-order valence-corrected chi connectivity index (χ3v) is 4.12. The molecule has 0 aromatic heterocycles. The first-order valence-electron chi connectivity index (χ1n) is 6.20. The van der Waals surface area contributed by atoms with Crippen molar-refractivity contribution in [1.82, 2.24) is 5.32 Å². The first kappa shape index (κ1) is 13.3. The molecule has 4 nitrogen and oxygen atoms in total. The molecule has 0 unspecified atom stereocenters. The molecule has 1 saturated carbocycles. The molecule has 1 aromatic rings. The maximum absolute atomic E-state index is 10.6. The van der Waals surface area contributed by atoms with Gasteiger partial charge in [-0.05, 0) is 36.3 Å². The third kappa shape index (κ3) is 3.00. The topological polar surface area (TPSA) is 55.2 Å². The Bertz CT molecular complexity index is 458. The highest BCUT2D eigenvalue weighted by molar-refractivity contribution is 6.31. The number of nitrogens with one attached hydrogen (secondary N) is 1. The van der Waals surface area contributed by atoms with Gasteiger partial charge in [0, 0.05) is 25.2 Å². The van der Waals surface area contributed by atoms with E-state index in [-0.39, 0.29) is 5.69 Å². The Hall–Kier alpha value is -1.13. The zero-order valence-corrected chi connectivity index (χ0v) is 11.2. The molecule has 1 aromatic carbocycles. The Labute approximate surface area is 111 Å². The van der Waals surface area contributed by atoms with Crippen LogP contribution in [0.3, 0.4) is 0 Å². The Morgan fingerprint density at radius 2 is 2.22 bits per heavy atom. The van der Waals surface area contributed by atoms with Gasteiger partial charge in [-0.2, -0.15) is 0 Å². The van der Waals surface area contributed by atoms with Crippen LogP contribution < -0.4 is 5.32 Å². The summed E-state index contributed by atoms with van der Waals surface area (Å²) in [4.78, 5) is 10.2. The molecule has 1 aliphatic rings. The summed E-state index contributed by atoms with van der Waals surface area (Å²) in [5.41, 5.74) is 1.44. The van der Waals surface area contributed by atoms with Gasteiger partial charge in [0.05, 0.1) is 9.95 Å². The van der Waals surface area contributed by atoms with Crippen LogP contribution >= 0.6 is 11.6 Å². The van der Waals surface area contributed by atoms with E-state index in [4.69, 9.17) is 11.6 Å². The van der Waals surface area contributed by atoms with Crippen molar-refractivity contribution in [2.75, 3.05) is 6.54 Å². The molecule has 98 valence electrons. The predicted molar refractivity (Wildman–Crippen MR) is 71.8 cm³/mol. The number of benzene rings is 1. The van der Waals surface area contributed by atoms with Gasteiger partial charge in [0.1, 0.15) is 0 Å². The Balaban J connectivity index is 1.91. The minimum Gasteiger partial charge on any atom is -0.312 e. The van der Waals surface area contributed by atoms with Crippen molar-refractivity contribution >= 4 is 17.3 Å². The molecule has 0 atom stereocenters. The quantitative estimate of drug-likeness (QED) is 0.634. The van der Waals surface area contributed by atoms with Crippen LogP contribution in [0, 0.1) is 15.5 Å². The van der Waals surface area contributed by atoms with E-state index in [2.05, 4.69) is 12.2 Å². The van der Waals surface area contributed by atoms with Gasteiger partial charge in [-0.3, -0.25) is 10.1 Å². The molecular formula is C13H17ClN2O2. The van der Waals surface area contributed by atoms with Gasteiger partial charge in [-0.15, -0.1) is 0 Å². The van der Waals surface area contributed by atoms with Gasteiger partial charge >= 0.3 is 0 Å².